The van der Waals surface area contributed by atoms with Crippen molar-refractivity contribution < 1.29 is 18.4 Å². The van der Waals surface area contributed by atoms with Gasteiger partial charge < -0.3 is 0 Å². The maximum absolute atomic E-state index is 12.7. The number of halogens is 2. The van der Waals surface area contributed by atoms with Crippen LogP contribution in [0.1, 0.15) is 20.7 Å². The summed E-state index contributed by atoms with van der Waals surface area (Å²) in [6.45, 7) is 0. The van der Waals surface area contributed by atoms with Gasteiger partial charge in [-0.15, -0.1) is 11.8 Å². The lowest BCUT2D eigenvalue weighted by Gasteiger charge is -1.95. The first-order valence-electron chi connectivity index (χ1n) is 6.64. The van der Waals surface area contributed by atoms with Crippen LogP contribution in [0.15, 0.2) is 71.5 Å². The quantitative estimate of drug-likeness (QED) is 0.564. The van der Waals surface area contributed by atoms with Gasteiger partial charge in [-0.1, -0.05) is 0 Å². The Hall–Kier alpha value is -2.53. The summed E-state index contributed by atoms with van der Waals surface area (Å²) < 4.78 is 25.5. The molecule has 0 unspecified atom stereocenters. The van der Waals surface area contributed by atoms with Crippen molar-refractivity contribution in [2.24, 2.45) is 0 Å². The summed E-state index contributed by atoms with van der Waals surface area (Å²) in [5, 5.41) is 3.06. The molecule has 0 aliphatic carbocycles. The van der Waals surface area contributed by atoms with Crippen molar-refractivity contribution in [3.63, 3.8) is 0 Å². The molecule has 0 spiro atoms. The molecule has 5 heteroatoms. The molecule has 0 bridgehead atoms. The van der Waals surface area contributed by atoms with Gasteiger partial charge in [-0.25, -0.2) is 8.78 Å². The number of ketones is 2. The monoisotopic (exact) mass is 330 g/mol. The van der Waals surface area contributed by atoms with Crippen molar-refractivity contribution in [3.8, 4) is 0 Å². The summed E-state index contributed by atoms with van der Waals surface area (Å²) in [4.78, 5) is 23.5. The van der Waals surface area contributed by atoms with E-state index in [9.17, 15) is 18.4 Å². The van der Waals surface area contributed by atoms with E-state index in [1.807, 2.05) is 0 Å². The lowest BCUT2D eigenvalue weighted by molar-refractivity contribution is 0.103. The highest BCUT2D eigenvalue weighted by atomic mass is 32.2. The summed E-state index contributed by atoms with van der Waals surface area (Å²) in [5.74, 6) is -1.31. The van der Waals surface area contributed by atoms with Crippen LogP contribution in [0.25, 0.3) is 0 Å². The molecule has 2 aromatic rings. The molecule has 2 rings (SSSR count). The topological polar surface area (TPSA) is 34.1 Å². The highest BCUT2D eigenvalue weighted by molar-refractivity contribution is 8.04. The Labute approximate surface area is 136 Å². The van der Waals surface area contributed by atoms with Crippen LogP contribution >= 0.6 is 11.8 Å². The largest absolute Gasteiger partial charge is 0.289 e. The zero-order valence-electron chi connectivity index (χ0n) is 11.9. The first kappa shape index (κ1) is 16.8. The SMILES string of the molecule is O=C(C=CSC=CC(=O)c1ccc(F)cc1)c1ccc(F)cc1. The number of hydrogen-bond donors (Lipinski definition) is 0. The number of thioether (sulfide) groups is 1. The van der Waals surface area contributed by atoms with Gasteiger partial charge in [0.15, 0.2) is 11.6 Å². The van der Waals surface area contributed by atoms with Crippen molar-refractivity contribution in [1.29, 1.82) is 0 Å². The molecule has 0 saturated heterocycles. The molecule has 0 amide bonds. The Kier molecular flexibility index (Phi) is 6.00. The molecule has 0 aromatic heterocycles. The second-order valence-electron chi connectivity index (χ2n) is 4.48. The molecule has 0 atom stereocenters. The Balaban J connectivity index is 1.86. The minimum absolute atomic E-state index is 0.254. The van der Waals surface area contributed by atoms with E-state index >= 15 is 0 Å². The Morgan fingerprint density at radius 1 is 0.696 bits per heavy atom. The van der Waals surface area contributed by atoms with Crippen LogP contribution < -0.4 is 0 Å². The van der Waals surface area contributed by atoms with Gasteiger partial charge in [0.25, 0.3) is 0 Å². The van der Waals surface area contributed by atoms with Crippen LogP contribution in [-0.4, -0.2) is 11.6 Å². The third kappa shape index (κ3) is 5.30. The molecule has 0 saturated carbocycles. The molecule has 2 nitrogen and oxygen atoms in total. The summed E-state index contributed by atoms with van der Waals surface area (Å²) in [6, 6.07) is 10.5. The summed E-state index contributed by atoms with van der Waals surface area (Å²) in [5.41, 5.74) is 0.768. The Bertz CT molecular complexity index is 682. The number of hydrogen-bond acceptors (Lipinski definition) is 3. The predicted octanol–water partition coefficient (Wildman–Crippen LogP) is 4.79. The zero-order chi connectivity index (χ0) is 16.7. The van der Waals surface area contributed by atoms with Crippen molar-refractivity contribution in [2.75, 3.05) is 0 Å². The van der Waals surface area contributed by atoms with E-state index in [1.54, 1.807) is 0 Å². The van der Waals surface area contributed by atoms with Crippen molar-refractivity contribution >= 4 is 23.3 Å². The molecule has 23 heavy (non-hydrogen) atoms. The van der Waals surface area contributed by atoms with E-state index < -0.39 is 11.6 Å². The van der Waals surface area contributed by atoms with E-state index in [0.717, 1.165) is 11.8 Å². The second-order valence-corrected chi connectivity index (χ2v) is 5.30. The Morgan fingerprint density at radius 3 is 1.39 bits per heavy atom. The van der Waals surface area contributed by atoms with Crippen LogP contribution in [0.3, 0.4) is 0 Å². The van der Waals surface area contributed by atoms with Gasteiger partial charge in [0, 0.05) is 11.1 Å². The average molecular weight is 330 g/mol. The third-order valence-corrected chi connectivity index (χ3v) is 3.44. The fourth-order valence-electron chi connectivity index (χ4n) is 1.67. The van der Waals surface area contributed by atoms with Crippen molar-refractivity contribution in [2.45, 2.75) is 0 Å². The minimum atomic E-state index is -0.401. The van der Waals surface area contributed by atoms with Gasteiger partial charge in [0.05, 0.1) is 0 Å². The normalized spacial score (nSPS) is 11.2. The fraction of sp³-hybridized carbons (Fsp3) is 0. The van der Waals surface area contributed by atoms with Crippen LogP contribution in [0, 0.1) is 11.6 Å². The highest BCUT2D eigenvalue weighted by Crippen LogP contribution is 2.10. The first-order chi connectivity index (χ1) is 11.1. The molecule has 0 aliphatic rings. The van der Waals surface area contributed by atoms with Gasteiger partial charge in [0.2, 0.25) is 0 Å². The van der Waals surface area contributed by atoms with E-state index in [2.05, 4.69) is 0 Å². The average Bonchev–Trinajstić information content (AvgIpc) is 2.55. The maximum atomic E-state index is 12.7. The van der Waals surface area contributed by atoms with Crippen LogP contribution in [-0.2, 0) is 0 Å². The highest BCUT2D eigenvalue weighted by Gasteiger charge is 2.02. The summed E-state index contributed by atoms with van der Waals surface area (Å²) in [6.07, 6.45) is 2.68. The van der Waals surface area contributed by atoms with Gasteiger partial charge in [-0.2, -0.15) is 0 Å². The van der Waals surface area contributed by atoms with Crippen LogP contribution in [0.2, 0.25) is 0 Å². The van der Waals surface area contributed by atoms with Crippen molar-refractivity contribution in [3.05, 3.63) is 94.3 Å². The van der Waals surface area contributed by atoms with Crippen LogP contribution in [0.4, 0.5) is 8.78 Å². The lowest BCUT2D eigenvalue weighted by Crippen LogP contribution is -1.93. The zero-order valence-corrected chi connectivity index (χ0v) is 12.7. The second kappa shape index (κ2) is 8.19. The molecule has 0 aliphatic heterocycles. The molecule has 0 fully saturated rings. The number of carbonyl (C=O) groups is 2. The van der Waals surface area contributed by atoms with Gasteiger partial charge >= 0.3 is 0 Å². The van der Waals surface area contributed by atoms with E-state index in [-0.39, 0.29) is 11.6 Å². The number of carbonyl (C=O) groups excluding carboxylic acids is 2. The predicted molar refractivity (Wildman–Crippen MR) is 87.3 cm³/mol. The molecule has 0 N–H and O–H groups in total. The van der Waals surface area contributed by atoms with E-state index in [0.29, 0.717) is 11.1 Å². The van der Waals surface area contributed by atoms with Crippen LogP contribution in [0.5, 0.6) is 0 Å². The van der Waals surface area contributed by atoms with Gasteiger partial charge in [0.1, 0.15) is 11.6 Å². The Morgan fingerprint density at radius 2 is 1.04 bits per heavy atom. The third-order valence-electron chi connectivity index (χ3n) is 2.85. The molecule has 0 heterocycles. The van der Waals surface area contributed by atoms with Gasteiger partial charge in [-0.3, -0.25) is 9.59 Å². The molecule has 0 radical (unpaired) electrons. The smallest absolute Gasteiger partial charge is 0.186 e. The molecule has 116 valence electrons. The molecular weight excluding hydrogens is 318 g/mol. The van der Waals surface area contributed by atoms with Crippen molar-refractivity contribution in [1.82, 2.24) is 0 Å². The summed E-state index contributed by atoms with van der Waals surface area (Å²) >= 11 is 1.15. The number of rotatable bonds is 6. The number of allylic oxidation sites excluding steroid dienone is 2. The van der Waals surface area contributed by atoms with E-state index in [1.165, 1.54) is 71.5 Å². The van der Waals surface area contributed by atoms with E-state index in [4.69, 9.17) is 0 Å². The summed E-state index contributed by atoms with van der Waals surface area (Å²) in [7, 11) is 0. The minimum Gasteiger partial charge on any atom is -0.289 e. The number of benzene rings is 2. The lowest BCUT2D eigenvalue weighted by atomic mass is 10.1. The first-order valence-corrected chi connectivity index (χ1v) is 7.59. The molecule has 2 aromatic carbocycles. The maximum Gasteiger partial charge on any atom is 0.186 e. The molecular formula is C18H12F2O2S. The standard InChI is InChI=1S/C18H12F2O2S/c19-15-5-1-13(2-6-15)17(21)9-11-23-12-10-18(22)14-3-7-16(20)8-4-14/h1-12H. The van der Waals surface area contributed by atoms with Gasteiger partial charge in [-0.05, 0) is 71.5 Å². The fourth-order valence-corrected chi connectivity index (χ4v) is 2.16.